The fraction of sp³-hybridized carbons (Fsp3) is 0.588. The van der Waals surface area contributed by atoms with Crippen LogP contribution >= 0.6 is 0 Å². The van der Waals surface area contributed by atoms with Gasteiger partial charge < -0.3 is 4.90 Å². The number of nitrogens with zero attached hydrogens (tertiary/aromatic N) is 2. The third-order valence-electron chi connectivity index (χ3n) is 4.20. The number of carbonyl (C=O) groups excluding carboxylic acids is 1. The Morgan fingerprint density at radius 2 is 1.95 bits per heavy atom. The first-order valence-corrected chi connectivity index (χ1v) is 7.62. The van der Waals surface area contributed by atoms with Gasteiger partial charge in [-0.1, -0.05) is 36.8 Å². The van der Waals surface area contributed by atoms with E-state index in [9.17, 15) is 4.79 Å². The van der Waals surface area contributed by atoms with Crippen molar-refractivity contribution < 1.29 is 4.79 Å². The summed E-state index contributed by atoms with van der Waals surface area (Å²) in [5.41, 5.74) is 2.55. The van der Waals surface area contributed by atoms with Gasteiger partial charge in [0.05, 0.1) is 0 Å². The molecule has 1 unspecified atom stereocenters. The number of benzene rings is 1. The van der Waals surface area contributed by atoms with Crippen LogP contribution in [0.2, 0.25) is 0 Å². The van der Waals surface area contributed by atoms with Crippen LogP contribution < -0.4 is 0 Å². The molecule has 1 fully saturated rings. The van der Waals surface area contributed by atoms with E-state index in [2.05, 4.69) is 47.9 Å². The van der Waals surface area contributed by atoms with Gasteiger partial charge in [0.1, 0.15) is 5.78 Å². The van der Waals surface area contributed by atoms with Gasteiger partial charge in [-0.25, -0.2) is 0 Å². The van der Waals surface area contributed by atoms with Crippen molar-refractivity contribution in [1.82, 2.24) is 9.80 Å². The highest BCUT2D eigenvalue weighted by Crippen LogP contribution is 2.26. The van der Waals surface area contributed by atoms with Crippen molar-refractivity contribution in [3.8, 4) is 0 Å². The molecule has 0 radical (unpaired) electrons. The van der Waals surface area contributed by atoms with E-state index in [0.29, 0.717) is 6.42 Å². The molecule has 1 aliphatic heterocycles. The Bertz CT molecular complexity index is 450. The van der Waals surface area contributed by atoms with Crippen LogP contribution in [0.15, 0.2) is 24.3 Å². The second-order valence-corrected chi connectivity index (χ2v) is 5.81. The molecule has 110 valence electrons. The summed E-state index contributed by atoms with van der Waals surface area (Å²) >= 11 is 0. The summed E-state index contributed by atoms with van der Waals surface area (Å²) in [6, 6.07) is 8.84. The lowest BCUT2D eigenvalue weighted by molar-refractivity contribution is -0.118. The lowest BCUT2D eigenvalue weighted by atomic mass is 9.98. The van der Waals surface area contributed by atoms with Gasteiger partial charge in [-0.05, 0) is 26.0 Å². The van der Waals surface area contributed by atoms with Crippen LogP contribution in [0.1, 0.15) is 37.4 Å². The van der Waals surface area contributed by atoms with Crippen molar-refractivity contribution in [3.63, 3.8) is 0 Å². The molecule has 0 aliphatic carbocycles. The first kappa shape index (κ1) is 15.2. The lowest BCUT2D eigenvalue weighted by Crippen LogP contribution is -2.47. The Hall–Kier alpha value is -1.19. The molecular weight excluding hydrogens is 248 g/mol. The van der Waals surface area contributed by atoms with Gasteiger partial charge in [0.2, 0.25) is 0 Å². The minimum atomic E-state index is 0.242. The minimum Gasteiger partial charge on any atom is -0.301 e. The fourth-order valence-corrected chi connectivity index (χ4v) is 3.00. The molecule has 0 spiro atoms. The maximum absolute atomic E-state index is 11.6. The van der Waals surface area contributed by atoms with Crippen LogP contribution in [-0.2, 0) is 4.79 Å². The monoisotopic (exact) mass is 274 g/mol. The van der Waals surface area contributed by atoms with Crippen LogP contribution in [-0.4, -0.2) is 48.3 Å². The van der Waals surface area contributed by atoms with E-state index < -0.39 is 0 Å². The number of Topliss-reactive ketones (excluding diaryl/α,β-unsaturated/α-hetero) is 1. The van der Waals surface area contributed by atoms with Gasteiger partial charge in [-0.3, -0.25) is 9.69 Å². The summed E-state index contributed by atoms with van der Waals surface area (Å²) in [5.74, 6) is 0.273. The van der Waals surface area contributed by atoms with Crippen LogP contribution in [0, 0.1) is 6.92 Å². The van der Waals surface area contributed by atoms with E-state index in [1.807, 2.05) is 0 Å². The maximum atomic E-state index is 11.6. The Labute approximate surface area is 122 Å². The SMILES string of the molecule is CCN1CCN(C(CC(C)=O)c2cccc(C)c2)CC1. The number of hydrogen-bond acceptors (Lipinski definition) is 3. The first-order valence-electron chi connectivity index (χ1n) is 7.62. The zero-order valence-corrected chi connectivity index (χ0v) is 12.9. The summed E-state index contributed by atoms with van der Waals surface area (Å²) in [4.78, 5) is 16.6. The van der Waals surface area contributed by atoms with Crippen LogP contribution in [0.4, 0.5) is 0 Å². The predicted molar refractivity (Wildman–Crippen MR) is 82.9 cm³/mol. The molecule has 0 saturated carbocycles. The lowest BCUT2D eigenvalue weighted by Gasteiger charge is -2.39. The van der Waals surface area contributed by atoms with Gasteiger partial charge in [0, 0.05) is 38.6 Å². The number of carbonyl (C=O) groups is 1. The van der Waals surface area contributed by atoms with E-state index in [1.54, 1.807) is 6.92 Å². The van der Waals surface area contributed by atoms with Gasteiger partial charge in [-0.2, -0.15) is 0 Å². The number of piperazine rings is 1. The summed E-state index contributed by atoms with van der Waals surface area (Å²) < 4.78 is 0. The molecule has 0 N–H and O–H groups in total. The van der Waals surface area contributed by atoms with Gasteiger partial charge in [0.15, 0.2) is 0 Å². The number of likely N-dealkylation sites (N-methyl/N-ethyl adjacent to an activating group) is 1. The molecule has 1 atom stereocenters. The largest absolute Gasteiger partial charge is 0.301 e. The van der Waals surface area contributed by atoms with Crippen molar-refractivity contribution in [2.45, 2.75) is 33.2 Å². The van der Waals surface area contributed by atoms with E-state index in [-0.39, 0.29) is 11.8 Å². The van der Waals surface area contributed by atoms with E-state index in [0.717, 1.165) is 32.7 Å². The molecule has 3 heteroatoms. The molecule has 20 heavy (non-hydrogen) atoms. The quantitative estimate of drug-likeness (QED) is 0.824. The minimum absolute atomic E-state index is 0.242. The number of rotatable bonds is 5. The summed E-state index contributed by atoms with van der Waals surface area (Å²) in [7, 11) is 0. The van der Waals surface area contributed by atoms with E-state index in [1.165, 1.54) is 11.1 Å². The smallest absolute Gasteiger partial charge is 0.131 e. The van der Waals surface area contributed by atoms with Crippen molar-refractivity contribution in [1.29, 1.82) is 0 Å². The molecule has 1 aliphatic rings. The number of aryl methyl sites for hydroxylation is 1. The predicted octanol–water partition coefficient (Wildman–Crippen LogP) is 2.65. The number of ketones is 1. The second kappa shape index (κ2) is 7.00. The number of hydrogen-bond donors (Lipinski definition) is 0. The zero-order valence-electron chi connectivity index (χ0n) is 12.9. The molecule has 2 rings (SSSR count). The normalized spacial score (nSPS) is 18.9. The molecule has 1 aromatic carbocycles. The molecule has 3 nitrogen and oxygen atoms in total. The van der Waals surface area contributed by atoms with Crippen LogP contribution in [0.3, 0.4) is 0 Å². The third-order valence-corrected chi connectivity index (χ3v) is 4.20. The van der Waals surface area contributed by atoms with Crippen LogP contribution in [0.5, 0.6) is 0 Å². The average molecular weight is 274 g/mol. The molecule has 0 bridgehead atoms. The Kier molecular flexibility index (Phi) is 5.32. The topological polar surface area (TPSA) is 23.6 Å². The average Bonchev–Trinajstić information content (AvgIpc) is 2.45. The van der Waals surface area contributed by atoms with E-state index in [4.69, 9.17) is 0 Å². The molecule has 1 aromatic rings. The Morgan fingerprint density at radius 1 is 1.25 bits per heavy atom. The second-order valence-electron chi connectivity index (χ2n) is 5.81. The highest BCUT2D eigenvalue weighted by atomic mass is 16.1. The van der Waals surface area contributed by atoms with Gasteiger partial charge in [0.25, 0.3) is 0 Å². The third kappa shape index (κ3) is 3.90. The molecule has 1 heterocycles. The first-order chi connectivity index (χ1) is 9.60. The summed E-state index contributed by atoms with van der Waals surface area (Å²) in [5, 5.41) is 0. The Balaban J connectivity index is 2.14. The van der Waals surface area contributed by atoms with E-state index >= 15 is 0 Å². The van der Waals surface area contributed by atoms with Crippen molar-refractivity contribution >= 4 is 5.78 Å². The standard InChI is InChI=1S/C17H26N2O/c1-4-18-8-10-19(11-9-18)17(13-15(3)20)16-7-5-6-14(2)12-16/h5-7,12,17H,4,8-11,13H2,1-3H3. The Morgan fingerprint density at radius 3 is 2.50 bits per heavy atom. The summed E-state index contributed by atoms with van der Waals surface area (Å²) in [6.45, 7) is 11.5. The molecule has 1 saturated heterocycles. The van der Waals surface area contributed by atoms with Crippen molar-refractivity contribution in [2.75, 3.05) is 32.7 Å². The highest BCUT2D eigenvalue weighted by molar-refractivity contribution is 5.76. The molecular formula is C17H26N2O. The maximum Gasteiger partial charge on any atom is 0.131 e. The fourth-order valence-electron chi connectivity index (χ4n) is 3.00. The summed E-state index contributed by atoms with van der Waals surface area (Å²) in [6.07, 6.45) is 0.621. The zero-order chi connectivity index (χ0) is 14.5. The van der Waals surface area contributed by atoms with Crippen molar-refractivity contribution in [2.24, 2.45) is 0 Å². The van der Waals surface area contributed by atoms with Gasteiger partial charge >= 0.3 is 0 Å². The molecule has 0 amide bonds. The van der Waals surface area contributed by atoms with Crippen LogP contribution in [0.25, 0.3) is 0 Å². The highest BCUT2D eigenvalue weighted by Gasteiger charge is 2.25. The molecule has 0 aromatic heterocycles. The van der Waals surface area contributed by atoms with Gasteiger partial charge in [-0.15, -0.1) is 0 Å². The van der Waals surface area contributed by atoms with Crippen molar-refractivity contribution in [3.05, 3.63) is 35.4 Å².